The largest absolute Gasteiger partial charge is 0.478 e. The molecule has 0 bridgehead atoms. The number of anilines is 3. The number of piperidine rings is 2. The van der Waals surface area contributed by atoms with Gasteiger partial charge >= 0.3 is 24.0 Å². The number of amides is 3. The van der Waals surface area contributed by atoms with E-state index in [4.69, 9.17) is 116 Å². The minimum absolute atomic E-state index is 0.131. The number of nitrogens with one attached hydrogen (secondary N) is 3. The van der Waals surface area contributed by atoms with Gasteiger partial charge in [-0.1, -0.05) is 124 Å². The van der Waals surface area contributed by atoms with Crippen molar-refractivity contribution in [2.45, 2.75) is 167 Å². The summed E-state index contributed by atoms with van der Waals surface area (Å²) in [6, 6.07) is 34.9. The van der Waals surface area contributed by atoms with Crippen LogP contribution in [0, 0.1) is 0 Å². The normalized spacial score (nSPS) is 15.6. The van der Waals surface area contributed by atoms with E-state index in [0.29, 0.717) is 151 Å². The first-order valence-electron chi connectivity index (χ1n) is 35.9. The van der Waals surface area contributed by atoms with Gasteiger partial charge in [-0.25, -0.2) is 44.3 Å². The second kappa shape index (κ2) is 38.0. The minimum atomic E-state index is -0.975. The Bertz CT molecular complexity index is 4770. The van der Waals surface area contributed by atoms with Crippen molar-refractivity contribution < 1.29 is 48.1 Å². The van der Waals surface area contributed by atoms with Gasteiger partial charge in [0.15, 0.2) is 0 Å². The number of nitrogen functional groups attached to an aromatic ring is 3. The summed E-state index contributed by atoms with van der Waals surface area (Å²) in [6.45, 7) is 17.0. The smallest absolute Gasteiger partial charge is 0.411 e. The maximum Gasteiger partial charge on any atom is 0.411 e. The standard InChI is InChI=1S/C34H41Cl2N5O5.C29H33Cl2N5O3.C19H15Cl2N3O2/c1-33(2,3)45-31(43)28-18-22(16-17-41(28)32(44)46-34(4,5)6)39-30(42)21-12-10-20(11-13-21)27-19-38-29(37)26(40-27)15-14-23-24(35)8-7-9-25(23)36;1-29(2,3)39-28(38)24-15-19(13-14-33-24)35-27(37)18-9-7-17(8-10-18)25-16-34-26(32)23(36-25)12-11-20-21(30)5-4-6-22(20)31;20-14-2-1-3-15(21)13(14)8-9-16-18(22)23-10-17(24-16)11-4-6-12(7-5-11)19(25)26/h7-13,19,22,28H,14-18H2,1-6H3,(H2,37,38)(H,39,42);4-10,16,19,24,33H,11-15H2,1-3H3,(H2,32,34)(H,35,37);1-7,10H,8-9H2,(H2,22,23)(H,25,26)/t22?,28-;19?,24-;/m11./s1. The van der Waals surface area contributed by atoms with Crippen LogP contribution < -0.4 is 33.2 Å². The third-order valence-electron chi connectivity index (χ3n) is 17.6. The summed E-state index contributed by atoms with van der Waals surface area (Å²) in [5.41, 5.74) is 25.9. The number of ether oxygens (including phenoxy) is 3. The van der Waals surface area contributed by atoms with Crippen LogP contribution in [0.4, 0.5) is 22.2 Å². The summed E-state index contributed by atoms with van der Waals surface area (Å²) in [5.74, 6) is -1.29. The number of esters is 2. The summed E-state index contributed by atoms with van der Waals surface area (Å²) in [4.78, 5) is 104. The SMILES string of the molecule is CC(C)(C)OC(=O)[C@H]1CC(NC(=O)c2ccc(-c3cnc(N)c(CCc4c(Cl)cccc4Cl)n3)cc2)CCN1.CC(C)(C)OC(=O)[C@H]1CC(NC(=O)c2ccc(-c3cnc(N)c(CCc4c(Cl)cccc4Cl)n3)cc2)CCN1C(=O)OC(C)(C)C.Nc1ncc(-c2ccc(C(=O)O)cc2)nc1CCc1c(Cl)cccc1Cl. The molecule has 23 nitrogen and oxygen atoms in total. The Hall–Kier alpha value is -9.72. The van der Waals surface area contributed by atoms with Crippen LogP contribution in [-0.4, -0.2) is 130 Å². The van der Waals surface area contributed by atoms with Crippen LogP contribution >= 0.6 is 69.6 Å². The molecule has 2 saturated heterocycles. The number of nitrogens with zero attached hydrogens (tertiary/aromatic N) is 7. The average Bonchev–Trinajstić information content (AvgIpc) is 0.818. The lowest BCUT2D eigenvalue weighted by atomic mass is 9.96. The minimum Gasteiger partial charge on any atom is -0.478 e. The number of aromatic carboxylic acids is 1. The van der Waals surface area contributed by atoms with Gasteiger partial charge in [0.2, 0.25) is 0 Å². The van der Waals surface area contributed by atoms with E-state index in [2.05, 4.69) is 35.9 Å². The van der Waals surface area contributed by atoms with E-state index >= 15 is 0 Å². The van der Waals surface area contributed by atoms with Gasteiger partial charge in [-0.05, 0) is 223 Å². The molecule has 2 aliphatic heterocycles. The van der Waals surface area contributed by atoms with Gasteiger partial charge in [-0.15, -0.1) is 0 Å². The highest BCUT2D eigenvalue weighted by Crippen LogP contribution is 2.33. The molecule has 2 fully saturated rings. The Morgan fingerprint density at radius 2 is 0.793 bits per heavy atom. The molecule has 11 rings (SSSR count). The lowest BCUT2D eigenvalue weighted by molar-refractivity contribution is -0.163. The molecule has 9 aromatic rings. The lowest BCUT2D eigenvalue weighted by Crippen LogP contribution is -2.56. The second-order valence-electron chi connectivity index (χ2n) is 29.6. The monoisotopic (exact) mass is 1630 g/mol. The van der Waals surface area contributed by atoms with Crippen LogP contribution in [-0.2, 0) is 62.3 Å². The number of carboxylic acids is 1. The van der Waals surface area contributed by atoms with Gasteiger partial charge in [-0.2, -0.15) is 0 Å². The lowest BCUT2D eigenvalue weighted by Gasteiger charge is -2.39. The summed E-state index contributed by atoms with van der Waals surface area (Å²) in [5, 5.41) is 21.8. The highest BCUT2D eigenvalue weighted by atomic mass is 35.5. The number of halogens is 6. The number of carboxylic acid groups (broad SMARTS) is 1. The molecule has 2 aliphatic rings. The number of hydrogen-bond acceptors (Lipinski definition) is 19. The zero-order valence-electron chi connectivity index (χ0n) is 62.9. The number of nitrogens with two attached hydrogens (primary N) is 3. The Labute approximate surface area is 675 Å². The Morgan fingerprint density at radius 1 is 0.459 bits per heavy atom. The molecule has 10 N–H and O–H groups in total. The summed E-state index contributed by atoms with van der Waals surface area (Å²) in [6.07, 6.45) is 9.28. The number of hydrogen-bond donors (Lipinski definition) is 7. The molecule has 6 aromatic carbocycles. The van der Waals surface area contributed by atoms with Crippen LogP contribution in [0.5, 0.6) is 0 Å². The fourth-order valence-electron chi connectivity index (χ4n) is 12.1. The van der Waals surface area contributed by atoms with Gasteiger partial charge in [0.05, 0.1) is 58.3 Å². The number of aromatic nitrogens is 6. The average molecular weight is 1630 g/mol. The maximum absolute atomic E-state index is 13.2. The van der Waals surface area contributed by atoms with Crippen molar-refractivity contribution in [2.24, 2.45) is 0 Å². The molecule has 3 amide bonds. The van der Waals surface area contributed by atoms with Crippen molar-refractivity contribution in [3.8, 4) is 33.8 Å². The first-order chi connectivity index (χ1) is 52.5. The Morgan fingerprint density at radius 3 is 1.14 bits per heavy atom. The van der Waals surface area contributed by atoms with Crippen LogP contribution in [0.15, 0.2) is 146 Å². The first-order valence-corrected chi connectivity index (χ1v) is 38.2. The molecule has 111 heavy (non-hydrogen) atoms. The Balaban J connectivity index is 0.000000198. The predicted octanol–water partition coefficient (Wildman–Crippen LogP) is 16.2. The Kier molecular flexibility index (Phi) is 29.2. The summed E-state index contributed by atoms with van der Waals surface area (Å²) >= 11 is 37.7. The van der Waals surface area contributed by atoms with Gasteiger partial charge in [0.25, 0.3) is 11.8 Å². The highest BCUT2D eigenvalue weighted by Gasteiger charge is 2.41. The van der Waals surface area contributed by atoms with Gasteiger partial charge in [0, 0.05) is 76.6 Å². The molecule has 3 aromatic heterocycles. The molecule has 584 valence electrons. The molecular formula is C82H89Cl6N13O10. The zero-order chi connectivity index (χ0) is 80.6. The van der Waals surface area contributed by atoms with Crippen LogP contribution in [0.25, 0.3) is 33.8 Å². The van der Waals surface area contributed by atoms with Crippen molar-refractivity contribution in [1.82, 2.24) is 50.8 Å². The predicted molar refractivity (Wildman–Crippen MR) is 435 cm³/mol. The highest BCUT2D eigenvalue weighted by molar-refractivity contribution is 6.37. The number of carbonyl (C=O) groups excluding carboxylic acids is 5. The molecule has 0 aliphatic carbocycles. The van der Waals surface area contributed by atoms with Crippen LogP contribution in [0.3, 0.4) is 0 Å². The number of rotatable bonds is 19. The van der Waals surface area contributed by atoms with Crippen molar-refractivity contribution in [3.05, 3.63) is 227 Å². The maximum atomic E-state index is 13.2. The zero-order valence-corrected chi connectivity index (χ0v) is 67.4. The van der Waals surface area contributed by atoms with Crippen molar-refractivity contribution >= 4 is 123 Å². The van der Waals surface area contributed by atoms with Gasteiger partial charge < -0.3 is 52.5 Å². The van der Waals surface area contributed by atoms with E-state index in [1.54, 1.807) is 163 Å². The van der Waals surface area contributed by atoms with E-state index in [1.165, 1.54) is 17.0 Å². The van der Waals surface area contributed by atoms with E-state index in [1.807, 2.05) is 32.9 Å². The number of likely N-dealkylation sites (tertiary alicyclic amines) is 1. The molecular weight excluding hydrogens is 1540 g/mol. The fourth-order valence-corrected chi connectivity index (χ4v) is 13.8. The molecule has 0 saturated carbocycles. The third kappa shape index (κ3) is 24.6. The molecule has 2 unspecified atom stereocenters. The number of aryl methyl sites for hydroxylation is 3. The van der Waals surface area contributed by atoms with Gasteiger partial charge in [0.1, 0.15) is 46.3 Å². The van der Waals surface area contributed by atoms with Crippen molar-refractivity contribution in [2.75, 3.05) is 30.3 Å². The van der Waals surface area contributed by atoms with Crippen LogP contribution in [0.1, 0.15) is 153 Å². The third-order valence-corrected chi connectivity index (χ3v) is 19.8. The van der Waals surface area contributed by atoms with Crippen LogP contribution in [0.2, 0.25) is 30.1 Å². The summed E-state index contributed by atoms with van der Waals surface area (Å²) < 4.78 is 16.6. The molecule has 5 heterocycles. The van der Waals surface area contributed by atoms with E-state index < -0.39 is 46.9 Å². The molecule has 0 radical (unpaired) electrons. The van der Waals surface area contributed by atoms with E-state index in [9.17, 15) is 28.8 Å². The fraction of sp³-hybridized carbons (Fsp3) is 0.341. The molecule has 4 atom stereocenters. The molecule has 29 heteroatoms. The quantitative estimate of drug-likeness (QED) is 0.0292. The number of carbonyl (C=O) groups is 6. The topological polar surface area (TPSA) is 345 Å². The number of benzene rings is 6. The summed E-state index contributed by atoms with van der Waals surface area (Å²) in [7, 11) is 0. The van der Waals surface area contributed by atoms with Crippen molar-refractivity contribution in [3.63, 3.8) is 0 Å². The second-order valence-corrected chi connectivity index (χ2v) is 32.0. The van der Waals surface area contributed by atoms with Crippen molar-refractivity contribution in [1.29, 1.82) is 0 Å². The first kappa shape index (κ1) is 85.3. The molecule has 0 spiro atoms. The van der Waals surface area contributed by atoms with Gasteiger partial charge in [-0.3, -0.25) is 19.3 Å². The van der Waals surface area contributed by atoms with E-state index in [0.717, 1.165) is 39.8 Å². The van der Waals surface area contributed by atoms with E-state index in [-0.39, 0.29) is 48.4 Å².